The van der Waals surface area contributed by atoms with E-state index in [9.17, 15) is 14.4 Å². The van der Waals surface area contributed by atoms with E-state index in [0.717, 1.165) is 0 Å². The van der Waals surface area contributed by atoms with Crippen molar-refractivity contribution in [3.63, 3.8) is 0 Å². The molecule has 2 heterocycles. The highest BCUT2D eigenvalue weighted by molar-refractivity contribution is 6.04. The minimum absolute atomic E-state index is 0.0687. The van der Waals surface area contributed by atoms with Gasteiger partial charge >= 0.3 is 0 Å². The molecule has 0 saturated heterocycles. The molecule has 2 aromatic carbocycles. The van der Waals surface area contributed by atoms with E-state index in [1.54, 1.807) is 55.6 Å². The summed E-state index contributed by atoms with van der Waals surface area (Å²) in [6.45, 7) is 0. The standard InChI is InChI=1S/C21H19N5O4/c1-30-14-9-7-13(8-10-14)23-21-25-18-17(20(29)26-21)15(11-16(27)24-18)19(28)22-12-5-3-2-4-6-12/h2-10,15H,11H2,1H3,(H,22,28)(H3,23,24,25,26,27,29). The van der Waals surface area contributed by atoms with Gasteiger partial charge in [0, 0.05) is 17.8 Å². The van der Waals surface area contributed by atoms with E-state index in [4.69, 9.17) is 4.74 Å². The lowest BCUT2D eigenvalue weighted by Crippen LogP contribution is -2.36. The number of hydrogen-bond acceptors (Lipinski definition) is 6. The van der Waals surface area contributed by atoms with Crippen molar-refractivity contribution >= 4 is 35.0 Å². The molecule has 9 nitrogen and oxygen atoms in total. The number of amides is 2. The van der Waals surface area contributed by atoms with Crippen molar-refractivity contribution in [1.82, 2.24) is 9.97 Å². The number of carbonyl (C=O) groups excluding carboxylic acids is 2. The SMILES string of the molecule is COc1ccc(Nc2nc3c(c(=O)[nH]2)C(C(=O)Nc2ccccc2)CC(=O)N3)cc1. The third kappa shape index (κ3) is 4.00. The predicted molar refractivity (Wildman–Crippen MR) is 112 cm³/mol. The number of carbonyl (C=O) groups is 2. The highest BCUT2D eigenvalue weighted by Gasteiger charge is 2.34. The van der Waals surface area contributed by atoms with Crippen LogP contribution in [0.2, 0.25) is 0 Å². The monoisotopic (exact) mass is 405 g/mol. The van der Waals surface area contributed by atoms with Gasteiger partial charge in [0.1, 0.15) is 11.6 Å². The van der Waals surface area contributed by atoms with Gasteiger partial charge in [-0.25, -0.2) is 0 Å². The number of nitrogens with one attached hydrogen (secondary N) is 4. The van der Waals surface area contributed by atoms with Gasteiger partial charge < -0.3 is 20.7 Å². The van der Waals surface area contributed by atoms with E-state index in [0.29, 0.717) is 17.1 Å². The molecule has 4 N–H and O–H groups in total. The van der Waals surface area contributed by atoms with Gasteiger partial charge in [-0.2, -0.15) is 4.98 Å². The Bertz CT molecular complexity index is 1140. The Morgan fingerprint density at radius 1 is 1.07 bits per heavy atom. The topological polar surface area (TPSA) is 125 Å². The summed E-state index contributed by atoms with van der Waals surface area (Å²) in [5.74, 6) is -0.871. The second-order valence-corrected chi connectivity index (χ2v) is 6.69. The van der Waals surface area contributed by atoms with Crippen LogP contribution in [0.25, 0.3) is 0 Å². The number of nitrogens with zero attached hydrogens (tertiary/aromatic N) is 1. The summed E-state index contributed by atoms with van der Waals surface area (Å²) in [7, 11) is 1.57. The normalized spacial score (nSPS) is 15.0. The van der Waals surface area contributed by atoms with Crippen LogP contribution in [0.15, 0.2) is 59.4 Å². The third-order valence-corrected chi connectivity index (χ3v) is 4.66. The molecule has 1 aliphatic heterocycles. The van der Waals surface area contributed by atoms with Crippen LogP contribution in [-0.2, 0) is 9.59 Å². The Hall–Kier alpha value is -4.14. The average molecular weight is 405 g/mol. The molecular weight excluding hydrogens is 386 g/mol. The number of aromatic amines is 1. The zero-order chi connectivity index (χ0) is 21.1. The number of anilines is 4. The number of rotatable bonds is 5. The van der Waals surface area contributed by atoms with Crippen LogP contribution in [-0.4, -0.2) is 28.9 Å². The van der Waals surface area contributed by atoms with Crippen molar-refractivity contribution < 1.29 is 14.3 Å². The molecule has 0 fully saturated rings. The second-order valence-electron chi connectivity index (χ2n) is 6.69. The first-order valence-corrected chi connectivity index (χ1v) is 9.24. The molecule has 4 rings (SSSR count). The molecule has 2 amide bonds. The maximum absolute atomic E-state index is 12.8. The lowest BCUT2D eigenvalue weighted by atomic mass is 9.92. The van der Waals surface area contributed by atoms with Crippen molar-refractivity contribution in [3.8, 4) is 5.75 Å². The first-order valence-electron chi connectivity index (χ1n) is 9.24. The minimum Gasteiger partial charge on any atom is -0.497 e. The van der Waals surface area contributed by atoms with E-state index in [2.05, 4.69) is 25.9 Å². The van der Waals surface area contributed by atoms with E-state index in [1.807, 2.05) is 6.07 Å². The molecule has 0 bridgehead atoms. The molecule has 0 radical (unpaired) electrons. The number of H-pyrrole nitrogens is 1. The molecule has 1 aliphatic rings. The van der Waals surface area contributed by atoms with E-state index < -0.39 is 17.4 Å². The summed E-state index contributed by atoms with van der Waals surface area (Å²) in [5.41, 5.74) is 0.879. The summed E-state index contributed by atoms with van der Waals surface area (Å²) >= 11 is 0. The number of fused-ring (bicyclic) bond motifs is 1. The Labute approximate surface area is 171 Å². The Balaban J connectivity index is 1.62. The highest BCUT2D eigenvalue weighted by atomic mass is 16.5. The molecule has 1 unspecified atom stereocenters. The lowest BCUT2D eigenvalue weighted by Gasteiger charge is -2.23. The summed E-state index contributed by atoms with van der Waals surface area (Å²) < 4.78 is 5.11. The quantitative estimate of drug-likeness (QED) is 0.517. The molecule has 152 valence electrons. The highest BCUT2D eigenvalue weighted by Crippen LogP contribution is 2.30. The first-order chi connectivity index (χ1) is 14.5. The van der Waals surface area contributed by atoms with Crippen LogP contribution in [0.1, 0.15) is 17.9 Å². The van der Waals surface area contributed by atoms with Crippen molar-refractivity contribution in [3.05, 3.63) is 70.5 Å². The molecule has 1 aromatic heterocycles. The smallest absolute Gasteiger partial charge is 0.258 e. The minimum atomic E-state index is -0.944. The van der Waals surface area contributed by atoms with E-state index >= 15 is 0 Å². The zero-order valence-electron chi connectivity index (χ0n) is 16.1. The third-order valence-electron chi connectivity index (χ3n) is 4.66. The van der Waals surface area contributed by atoms with Gasteiger partial charge in [-0.15, -0.1) is 0 Å². The average Bonchev–Trinajstić information content (AvgIpc) is 2.74. The fourth-order valence-corrected chi connectivity index (χ4v) is 3.22. The van der Waals surface area contributed by atoms with Gasteiger partial charge in [0.05, 0.1) is 18.6 Å². The number of benzene rings is 2. The Kier molecular flexibility index (Phi) is 5.17. The summed E-state index contributed by atoms with van der Waals surface area (Å²) in [4.78, 5) is 44.6. The van der Waals surface area contributed by atoms with Gasteiger partial charge in [-0.05, 0) is 36.4 Å². The van der Waals surface area contributed by atoms with Gasteiger partial charge in [0.2, 0.25) is 17.8 Å². The molecule has 30 heavy (non-hydrogen) atoms. The lowest BCUT2D eigenvalue weighted by molar-refractivity contribution is -0.123. The number of hydrogen-bond donors (Lipinski definition) is 4. The first kappa shape index (κ1) is 19.2. The second kappa shape index (κ2) is 8.08. The summed E-state index contributed by atoms with van der Waals surface area (Å²) in [6, 6.07) is 15.9. The van der Waals surface area contributed by atoms with Crippen molar-refractivity contribution in [2.45, 2.75) is 12.3 Å². The molecule has 1 atom stereocenters. The van der Waals surface area contributed by atoms with Crippen LogP contribution < -0.4 is 26.2 Å². The van der Waals surface area contributed by atoms with Crippen molar-refractivity contribution in [2.75, 3.05) is 23.1 Å². The molecular formula is C21H19N5O4. The van der Waals surface area contributed by atoms with Gasteiger partial charge in [0.15, 0.2) is 0 Å². The Morgan fingerprint density at radius 2 is 1.80 bits per heavy atom. The number of methoxy groups -OCH3 is 1. The Morgan fingerprint density at radius 3 is 2.50 bits per heavy atom. The summed E-state index contributed by atoms with van der Waals surface area (Å²) in [6.07, 6.45) is -0.137. The van der Waals surface area contributed by atoms with Gasteiger partial charge in [0.25, 0.3) is 5.56 Å². The van der Waals surface area contributed by atoms with Crippen molar-refractivity contribution in [2.24, 2.45) is 0 Å². The largest absolute Gasteiger partial charge is 0.497 e. The fraction of sp³-hybridized carbons (Fsp3) is 0.143. The van der Waals surface area contributed by atoms with Crippen LogP contribution in [0, 0.1) is 0 Å². The molecule has 3 aromatic rings. The van der Waals surface area contributed by atoms with Gasteiger partial charge in [-0.3, -0.25) is 19.4 Å². The molecule has 0 saturated carbocycles. The van der Waals surface area contributed by atoms with E-state index in [1.165, 1.54) is 0 Å². The molecule has 0 aliphatic carbocycles. The number of ether oxygens (including phenoxy) is 1. The fourth-order valence-electron chi connectivity index (χ4n) is 3.22. The van der Waals surface area contributed by atoms with Crippen LogP contribution in [0.3, 0.4) is 0 Å². The maximum Gasteiger partial charge on any atom is 0.258 e. The predicted octanol–water partition coefficient (Wildman–Crippen LogP) is 2.59. The number of aromatic nitrogens is 2. The van der Waals surface area contributed by atoms with Crippen LogP contribution >= 0.6 is 0 Å². The van der Waals surface area contributed by atoms with Crippen LogP contribution in [0.4, 0.5) is 23.1 Å². The zero-order valence-corrected chi connectivity index (χ0v) is 16.1. The van der Waals surface area contributed by atoms with Gasteiger partial charge in [-0.1, -0.05) is 18.2 Å². The number of para-hydroxylation sites is 1. The molecule has 9 heteroatoms. The van der Waals surface area contributed by atoms with Crippen LogP contribution in [0.5, 0.6) is 5.75 Å². The summed E-state index contributed by atoms with van der Waals surface area (Å²) in [5, 5.41) is 8.29. The van der Waals surface area contributed by atoms with Crippen molar-refractivity contribution in [1.29, 1.82) is 0 Å². The molecule has 0 spiro atoms. The maximum atomic E-state index is 12.8. The van der Waals surface area contributed by atoms with E-state index in [-0.39, 0.29) is 29.7 Å².